The summed E-state index contributed by atoms with van der Waals surface area (Å²) in [6.45, 7) is 1.11. The number of amides is 1. The Morgan fingerprint density at radius 3 is 2.32 bits per heavy atom. The summed E-state index contributed by atoms with van der Waals surface area (Å²) in [4.78, 5) is 13.8. The molecular formula is C14H22ClN3O3S. The number of sulfonamides is 1. The monoisotopic (exact) mass is 347 g/mol. The number of carbonyl (C=O) groups is 1. The van der Waals surface area contributed by atoms with Crippen LogP contribution >= 0.6 is 11.6 Å². The molecule has 124 valence electrons. The highest BCUT2D eigenvalue weighted by Gasteiger charge is 2.20. The van der Waals surface area contributed by atoms with Crippen LogP contribution in [0.1, 0.15) is 5.56 Å². The molecule has 0 spiro atoms. The zero-order valence-corrected chi connectivity index (χ0v) is 14.6. The Labute approximate surface area is 137 Å². The van der Waals surface area contributed by atoms with Crippen molar-refractivity contribution in [1.29, 1.82) is 0 Å². The summed E-state index contributed by atoms with van der Waals surface area (Å²) in [6.07, 6.45) is 1.09. The van der Waals surface area contributed by atoms with Crippen molar-refractivity contribution in [2.45, 2.75) is 6.54 Å². The van der Waals surface area contributed by atoms with Crippen LogP contribution in [0.4, 0.5) is 0 Å². The normalized spacial score (nSPS) is 11.9. The van der Waals surface area contributed by atoms with Gasteiger partial charge in [-0.2, -0.15) is 4.31 Å². The number of halogens is 1. The maximum absolute atomic E-state index is 11.9. The van der Waals surface area contributed by atoms with Crippen molar-refractivity contribution in [1.82, 2.24) is 14.5 Å². The van der Waals surface area contributed by atoms with Crippen LogP contribution in [-0.4, -0.2) is 63.5 Å². The summed E-state index contributed by atoms with van der Waals surface area (Å²) in [5.41, 5.74) is 0.774. The Hall–Kier alpha value is -1.15. The molecule has 0 saturated carbocycles. The summed E-state index contributed by atoms with van der Waals surface area (Å²) in [5, 5.41) is 3.28. The van der Waals surface area contributed by atoms with E-state index in [4.69, 9.17) is 11.6 Å². The molecule has 0 aliphatic heterocycles. The first-order chi connectivity index (χ1) is 10.2. The lowest BCUT2D eigenvalue weighted by atomic mass is 10.2. The molecule has 6 nitrogen and oxygen atoms in total. The number of hydrogen-bond donors (Lipinski definition) is 1. The minimum absolute atomic E-state index is 0.136. The SMILES string of the molecule is CN(C)CCNC(=O)CN(Cc1ccc(Cl)cc1)S(C)(=O)=O. The molecule has 0 aliphatic rings. The third-order valence-corrected chi connectivity index (χ3v) is 4.39. The molecule has 1 aromatic carbocycles. The number of likely N-dealkylation sites (N-methyl/N-ethyl adjacent to an activating group) is 1. The molecule has 8 heteroatoms. The molecule has 0 bridgehead atoms. The van der Waals surface area contributed by atoms with Crippen molar-refractivity contribution in [3.05, 3.63) is 34.9 Å². The minimum Gasteiger partial charge on any atom is -0.354 e. The van der Waals surface area contributed by atoms with E-state index >= 15 is 0 Å². The van der Waals surface area contributed by atoms with Crippen LogP contribution in [-0.2, 0) is 21.4 Å². The molecule has 0 saturated heterocycles. The molecule has 0 aromatic heterocycles. The predicted octanol–water partition coefficient (Wildman–Crippen LogP) is 0.779. The number of nitrogens with one attached hydrogen (secondary N) is 1. The molecule has 1 aromatic rings. The average molecular weight is 348 g/mol. The first-order valence-electron chi connectivity index (χ1n) is 6.79. The lowest BCUT2D eigenvalue weighted by Gasteiger charge is -2.20. The highest BCUT2D eigenvalue weighted by Crippen LogP contribution is 2.13. The van der Waals surface area contributed by atoms with Gasteiger partial charge in [0, 0.05) is 24.7 Å². The number of carbonyl (C=O) groups excluding carboxylic acids is 1. The van der Waals surface area contributed by atoms with Crippen molar-refractivity contribution >= 4 is 27.5 Å². The average Bonchev–Trinajstić information content (AvgIpc) is 2.39. The Balaban J connectivity index is 2.65. The fraction of sp³-hybridized carbons (Fsp3) is 0.500. The Morgan fingerprint density at radius 2 is 1.82 bits per heavy atom. The molecule has 1 rings (SSSR count). The molecule has 0 heterocycles. The van der Waals surface area contributed by atoms with Gasteiger partial charge in [0.15, 0.2) is 0 Å². The first kappa shape index (κ1) is 18.9. The topological polar surface area (TPSA) is 69.7 Å². The van der Waals surface area contributed by atoms with Gasteiger partial charge in [-0.1, -0.05) is 23.7 Å². The number of benzene rings is 1. The first-order valence-corrected chi connectivity index (χ1v) is 9.02. The minimum atomic E-state index is -3.48. The Bertz CT molecular complexity index is 588. The fourth-order valence-corrected chi connectivity index (χ4v) is 2.58. The lowest BCUT2D eigenvalue weighted by molar-refractivity contribution is -0.121. The van der Waals surface area contributed by atoms with E-state index in [0.717, 1.165) is 16.1 Å². The van der Waals surface area contributed by atoms with Crippen LogP contribution < -0.4 is 5.32 Å². The highest BCUT2D eigenvalue weighted by atomic mass is 35.5. The van der Waals surface area contributed by atoms with Crippen LogP contribution in [0, 0.1) is 0 Å². The standard InChI is InChI=1S/C14H22ClN3O3S/c1-17(2)9-8-16-14(19)11-18(22(3,20)21)10-12-4-6-13(15)7-5-12/h4-7H,8-11H2,1-3H3,(H,16,19). The van der Waals surface area contributed by atoms with Crippen LogP contribution in [0.2, 0.25) is 5.02 Å². The Kier molecular flexibility index (Phi) is 7.28. The third-order valence-electron chi connectivity index (χ3n) is 2.94. The van der Waals surface area contributed by atoms with Crippen LogP contribution in [0.5, 0.6) is 0 Å². The number of nitrogens with zero attached hydrogens (tertiary/aromatic N) is 2. The summed E-state index contributed by atoms with van der Waals surface area (Å²) in [7, 11) is 0.316. The Morgan fingerprint density at radius 1 is 1.23 bits per heavy atom. The molecular weight excluding hydrogens is 326 g/mol. The number of rotatable bonds is 8. The van der Waals surface area contributed by atoms with Gasteiger partial charge >= 0.3 is 0 Å². The lowest BCUT2D eigenvalue weighted by Crippen LogP contribution is -2.41. The second-order valence-electron chi connectivity index (χ2n) is 5.31. The highest BCUT2D eigenvalue weighted by molar-refractivity contribution is 7.88. The quantitative estimate of drug-likeness (QED) is 0.754. The van der Waals surface area contributed by atoms with Gasteiger partial charge in [0.05, 0.1) is 12.8 Å². The molecule has 0 fully saturated rings. The van der Waals surface area contributed by atoms with Gasteiger partial charge < -0.3 is 10.2 Å². The van der Waals surface area contributed by atoms with Gasteiger partial charge in [0.25, 0.3) is 0 Å². The van der Waals surface area contributed by atoms with Crippen molar-refractivity contribution in [2.75, 3.05) is 40.0 Å². The summed E-state index contributed by atoms with van der Waals surface area (Å²) in [5.74, 6) is -0.318. The van der Waals surface area contributed by atoms with E-state index in [1.807, 2.05) is 19.0 Å². The molecule has 1 N–H and O–H groups in total. The molecule has 22 heavy (non-hydrogen) atoms. The van der Waals surface area contributed by atoms with Crippen LogP contribution in [0.25, 0.3) is 0 Å². The molecule has 0 unspecified atom stereocenters. The maximum atomic E-state index is 11.9. The van der Waals surface area contributed by atoms with Crippen LogP contribution in [0.15, 0.2) is 24.3 Å². The van der Waals surface area contributed by atoms with Gasteiger partial charge in [0.2, 0.25) is 15.9 Å². The summed E-state index contributed by atoms with van der Waals surface area (Å²) < 4.78 is 24.8. The molecule has 1 amide bonds. The smallest absolute Gasteiger partial charge is 0.235 e. The van der Waals surface area contributed by atoms with E-state index in [2.05, 4.69) is 5.32 Å². The van der Waals surface area contributed by atoms with Crippen molar-refractivity contribution in [2.24, 2.45) is 0 Å². The van der Waals surface area contributed by atoms with Crippen molar-refractivity contribution in [3.63, 3.8) is 0 Å². The van der Waals surface area contributed by atoms with E-state index in [9.17, 15) is 13.2 Å². The zero-order valence-electron chi connectivity index (χ0n) is 13.0. The van der Waals surface area contributed by atoms with Gasteiger partial charge in [-0.3, -0.25) is 4.79 Å². The molecule has 0 aliphatic carbocycles. The zero-order chi connectivity index (χ0) is 16.8. The van der Waals surface area contributed by atoms with Crippen molar-refractivity contribution < 1.29 is 13.2 Å². The maximum Gasteiger partial charge on any atom is 0.235 e. The van der Waals surface area contributed by atoms with Gasteiger partial charge in [-0.05, 0) is 31.8 Å². The number of hydrogen-bond acceptors (Lipinski definition) is 4. The van der Waals surface area contributed by atoms with Gasteiger partial charge in [-0.25, -0.2) is 8.42 Å². The second-order valence-corrected chi connectivity index (χ2v) is 7.73. The summed E-state index contributed by atoms with van der Waals surface area (Å²) >= 11 is 5.81. The molecule has 0 atom stereocenters. The predicted molar refractivity (Wildman–Crippen MR) is 88.3 cm³/mol. The van der Waals surface area contributed by atoms with Gasteiger partial charge in [-0.15, -0.1) is 0 Å². The van der Waals surface area contributed by atoms with E-state index in [-0.39, 0.29) is 19.0 Å². The van der Waals surface area contributed by atoms with Crippen LogP contribution in [0.3, 0.4) is 0 Å². The van der Waals surface area contributed by atoms with E-state index < -0.39 is 10.0 Å². The fourth-order valence-electron chi connectivity index (χ4n) is 1.72. The van der Waals surface area contributed by atoms with E-state index in [0.29, 0.717) is 18.1 Å². The second kappa shape index (κ2) is 8.47. The van der Waals surface area contributed by atoms with E-state index in [1.165, 1.54) is 0 Å². The van der Waals surface area contributed by atoms with E-state index in [1.54, 1.807) is 24.3 Å². The largest absolute Gasteiger partial charge is 0.354 e. The summed E-state index contributed by atoms with van der Waals surface area (Å²) in [6, 6.07) is 6.86. The third kappa shape index (κ3) is 7.22. The molecule has 0 radical (unpaired) electrons. The van der Waals surface area contributed by atoms with Gasteiger partial charge in [0.1, 0.15) is 0 Å². The van der Waals surface area contributed by atoms with Crippen molar-refractivity contribution in [3.8, 4) is 0 Å².